The number of aromatic nitrogens is 1. The monoisotopic (exact) mass is 520 g/mol. The van der Waals surface area contributed by atoms with E-state index in [1.54, 1.807) is 0 Å². The van der Waals surface area contributed by atoms with Gasteiger partial charge >= 0.3 is 5.97 Å². The first-order valence-corrected chi connectivity index (χ1v) is 14.5. The summed E-state index contributed by atoms with van der Waals surface area (Å²) in [5, 5.41) is 23.4. The first-order chi connectivity index (χ1) is 17.9. The normalized spacial score (nSPS) is 23.1. The molecule has 3 fully saturated rings. The van der Waals surface area contributed by atoms with E-state index in [0.29, 0.717) is 24.3 Å². The zero-order valence-corrected chi connectivity index (χ0v) is 23.7. The van der Waals surface area contributed by atoms with Crippen LogP contribution in [0.25, 0.3) is 5.69 Å². The van der Waals surface area contributed by atoms with Gasteiger partial charge in [0.15, 0.2) is 0 Å². The van der Waals surface area contributed by atoms with Crippen molar-refractivity contribution in [3.63, 3.8) is 0 Å². The minimum Gasteiger partial charge on any atom is -0.481 e. The Labute approximate surface area is 226 Å². The zero-order chi connectivity index (χ0) is 27.4. The van der Waals surface area contributed by atoms with E-state index in [1.165, 1.54) is 43.4 Å². The lowest BCUT2D eigenvalue weighted by Gasteiger charge is -2.32. The minimum atomic E-state index is -0.971. The third-order valence-electron chi connectivity index (χ3n) is 9.61. The fourth-order valence-corrected chi connectivity index (χ4v) is 6.60. The number of hydrogen-bond donors (Lipinski definition) is 3. The number of aliphatic hydroxyl groups is 1. The number of carboxylic acid groups (broad SMARTS) is 1. The molecule has 6 heteroatoms. The maximum absolute atomic E-state index is 13.6. The first-order valence-electron chi connectivity index (χ1n) is 14.5. The maximum Gasteiger partial charge on any atom is 0.306 e. The van der Waals surface area contributed by atoms with E-state index in [2.05, 4.69) is 41.9 Å². The van der Waals surface area contributed by atoms with Gasteiger partial charge in [0.25, 0.3) is 5.91 Å². The number of benzene rings is 1. The van der Waals surface area contributed by atoms with E-state index in [4.69, 9.17) is 0 Å². The first kappa shape index (κ1) is 27.0. The molecule has 1 aromatic carbocycles. The molecule has 5 rings (SSSR count). The molecular weight excluding hydrogens is 476 g/mol. The van der Waals surface area contributed by atoms with Crippen molar-refractivity contribution < 1.29 is 19.8 Å². The van der Waals surface area contributed by atoms with Crippen LogP contribution >= 0.6 is 0 Å². The molecule has 3 aliphatic carbocycles. The highest BCUT2D eigenvalue weighted by molar-refractivity contribution is 5.98. The molecule has 2 aromatic rings. The Kier molecular flexibility index (Phi) is 7.00. The van der Waals surface area contributed by atoms with Crippen LogP contribution in [0.1, 0.15) is 117 Å². The Morgan fingerprint density at radius 3 is 2.32 bits per heavy atom. The molecule has 0 spiro atoms. The smallest absolute Gasteiger partial charge is 0.306 e. The second-order valence-electron chi connectivity index (χ2n) is 13.1. The van der Waals surface area contributed by atoms with Crippen molar-refractivity contribution in [2.24, 2.45) is 11.8 Å². The summed E-state index contributed by atoms with van der Waals surface area (Å²) in [6.45, 7) is 10.1. The summed E-state index contributed by atoms with van der Waals surface area (Å²) in [5.41, 5.74) is 6.18. The van der Waals surface area contributed by atoms with Crippen molar-refractivity contribution in [3.8, 4) is 5.69 Å². The summed E-state index contributed by atoms with van der Waals surface area (Å²) in [5.74, 6) is -0.644. The fraction of sp³-hybridized carbons (Fsp3) is 0.625. The predicted molar refractivity (Wildman–Crippen MR) is 149 cm³/mol. The van der Waals surface area contributed by atoms with Crippen LogP contribution in [0.15, 0.2) is 18.2 Å². The fourth-order valence-electron chi connectivity index (χ4n) is 6.60. The molecule has 1 aromatic heterocycles. The second-order valence-corrected chi connectivity index (χ2v) is 13.1. The van der Waals surface area contributed by atoms with Crippen molar-refractivity contribution in [3.05, 3.63) is 51.8 Å². The molecule has 38 heavy (non-hydrogen) atoms. The van der Waals surface area contributed by atoms with Crippen LogP contribution in [0.5, 0.6) is 0 Å². The predicted octanol–water partition coefficient (Wildman–Crippen LogP) is 6.09. The Hall–Kier alpha value is -2.60. The van der Waals surface area contributed by atoms with E-state index in [1.807, 2.05) is 20.8 Å². The van der Waals surface area contributed by atoms with Crippen LogP contribution in [0.2, 0.25) is 0 Å². The molecule has 0 unspecified atom stereocenters. The van der Waals surface area contributed by atoms with Gasteiger partial charge in [-0.1, -0.05) is 45.1 Å². The quantitative estimate of drug-likeness (QED) is 0.393. The maximum atomic E-state index is 13.6. The molecule has 0 atom stereocenters. The molecule has 0 bridgehead atoms. The van der Waals surface area contributed by atoms with E-state index in [9.17, 15) is 19.8 Å². The number of rotatable bonds is 8. The standard InChI is InChI=1S/C32H44N2O4/c1-19-27(13-21-9-7-6-8-10-21)34(20(2)28(19)29(35)33-25-14-22(15-25)30(36)37)26-17-23(31(3,4)38)16-24(18-26)32(5)11-12-32/h16-18,21-22,25,38H,6-15H2,1-5H3,(H,33,35)(H,36,37). The Bertz CT molecular complexity index is 1210. The molecule has 6 nitrogen and oxygen atoms in total. The van der Waals surface area contributed by atoms with Gasteiger partial charge in [0.05, 0.1) is 17.1 Å². The topological polar surface area (TPSA) is 91.6 Å². The third-order valence-corrected chi connectivity index (χ3v) is 9.61. The van der Waals surface area contributed by atoms with Gasteiger partial charge in [0, 0.05) is 23.1 Å². The highest BCUT2D eigenvalue weighted by Crippen LogP contribution is 2.49. The third kappa shape index (κ3) is 5.16. The SMILES string of the molecule is Cc1c(C(=O)NC2CC(C(=O)O)C2)c(C)n(-c2cc(C(C)(C)O)cc(C3(C)CC3)c2)c1CC1CCCCC1. The highest BCUT2D eigenvalue weighted by atomic mass is 16.4. The van der Waals surface area contributed by atoms with E-state index >= 15 is 0 Å². The molecule has 3 saturated carbocycles. The van der Waals surface area contributed by atoms with Crippen molar-refractivity contribution in [1.82, 2.24) is 9.88 Å². The molecule has 1 heterocycles. The van der Waals surface area contributed by atoms with E-state index < -0.39 is 11.6 Å². The molecule has 0 radical (unpaired) electrons. The van der Waals surface area contributed by atoms with Gasteiger partial charge in [-0.05, 0) is 100.0 Å². The van der Waals surface area contributed by atoms with Crippen molar-refractivity contribution in [2.45, 2.75) is 116 Å². The summed E-state index contributed by atoms with van der Waals surface area (Å²) < 4.78 is 2.28. The van der Waals surface area contributed by atoms with Gasteiger partial charge in [0.1, 0.15) is 0 Å². The van der Waals surface area contributed by atoms with Gasteiger partial charge in [-0.2, -0.15) is 0 Å². The average Bonchev–Trinajstić information content (AvgIpc) is 3.53. The number of nitrogens with zero attached hydrogens (tertiary/aromatic N) is 1. The van der Waals surface area contributed by atoms with Crippen molar-refractivity contribution in [2.75, 3.05) is 0 Å². The van der Waals surface area contributed by atoms with Crippen LogP contribution in [-0.2, 0) is 22.2 Å². The molecule has 0 aliphatic heterocycles. The largest absolute Gasteiger partial charge is 0.481 e. The Morgan fingerprint density at radius 2 is 1.74 bits per heavy atom. The van der Waals surface area contributed by atoms with Gasteiger partial charge in [-0.25, -0.2) is 0 Å². The number of carboxylic acids is 1. The lowest BCUT2D eigenvalue weighted by molar-refractivity contribution is -0.145. The minimum absolute atomic E-state index is 0.0903. The molecule has 1 amide bonds. The number of nitrogens with one attached hydrogen (secondary N) is 1. The van der Waals surface area contributed by atoms with Gasteiger partial charge in [-0.15, -0.1) is 0 Å². The Balaban J connectivity index is 1.57. The average molecular weight is 521 g/mol. The molecular formula is C32H44N2O4. The van der Waals surface area contributed by atoms with Crippen LogP contribution in [-0.4, -0.2) is 32.7 Å². The summed E-state index contributed by atoms with van der Waals surface area (Å²) in [4.78, 5) is 24.9. The van der Waals surface area contributed by atoms with Gasteiger partial charge in [-0.3, -0.25) is 9.59 Å². The number of carbonyl (C=O) groups excluding carboxylic acids is 1. The molecule has 3 N–H and O–H groups in total. The van der Waals surface area contributed by atoms with Crippen molar-refractivity contribution in [1.29, 1.82) is 0 Å². The molecule has 206 valence electrons. The van der Waals surface area contributed by atoms with Gasteiger partial charge < -0.3 is 20.1 Å². The summed E-state index contributed by atoms with van der Waals surface area (Å²) >= 11 is 0. The number of amides is 1. The molecule has 3 aliphatic rings. The number of hydrogen-bond acceptors (Lipinski definition) is 3. The van der Waals surface area contributed by atoms with E-state index in [-0.39, 0.29) is 23.3 Å². The van der Waals surface area contributed by atoms with Crippen LogP contribution in [0.4, 0.5) is 0 Å². The lowest BCUT2D eigenvalue weighted by Crippen LogP contribution is -2.46. The van der Waals surface area contributed by atoms with Crippen LogP contribution in [0, 0.1) is 25.7 Å². The van der Waals surface area contributed by atoms with E-state index in [0.717, 1.165) is 41.8 Å². The molecule has 0 saturated heterocycles. The highest BCUT2D eigenvalue weighted by Gasteiger charge is 2.40. The summed E-state index contributed by atoms with van der Waals surface area (Å²) in [6.07, 6.45) is 10.5. The Morgan fingerprint density at radius 1 is 1.08 bits per heavy atom. The van der Waals surface area contributed by atoms with Crippen LogP contribution < -0.4 is 5.32 Å². The number of aliphatic carboxylic acids is 1. The lowest BCUT2D eigenvalue weighted by atomic mass is 9.80. The van der Waals surface area contributed by atoms with Gasteiger partial charge in [0.2, 0.25) is 0 Å². The van der Waals surface area contributed by atoms with Crippen molar-refractivity contribution >= 4 is 11.9 Å². The second kappa shape index (κ2) is 9.86. The number of carbonyl (C=O) groups is 2. The summed E-state index contributed by atoms with van der Waals surface area (Å²) in [7, 11) is 0. The summed E-state index contributed by atoms with van der Waals surface area (Å²) in [6, 6.07) is 6.43. The van der Waals surface area contributed by atoms with Crippen LogP contribution in [0.3, 0.4) is 0 Å². The zero-order valence-electron chi connectivity index (χ0n) is 23.7.